The van der Waals surface area contributed by atoms with Gasteiger partial charge < -0.3 is 14.8 Å². The SMILES string of the molecule is CCC(NC(=O)COc1ccccc1F)C(=O)OC. The highest BCUT2D eigenvalue weighted by Crippen LogP contribution is 2.14. The van der Waals surface area contributed by atoms with Crippen molar-refractivity contribution < 1.29 is 23.5 Å². The maximum absolute atomic E-state index is 13.2. The number of carbonyl (C=O) groups is 2. The largest absolute Gasteiger partial charge is 0.481 e. The number of ether oxygens (including phenoxy) is 2. The van der Waals surface area contributed by atoms with E-state index in [2.05, 4.69) is 10.1 Å². The van der Waals surface area contributed by atoms with Crippen LogP contribution in [0.1, 0.15) is 13.3 Å². The molecule has 104 valence electrons. The van der Waals surface area contributed by atoms with Gasteiger partial charge in [0.2, 0.25) is 0 Å². The third kappa shape index (κ3) is 4.57. The molecule has 0 bridgehead atoms. The molecular weight excluding hydrogens is 253 g/mol. The van der Waals surface area contributed by atoms with E-state index in [9.17, 15) is 14.0 Å². The summed E-state index contributed by atoms with van der Waals surface area (Å²) in [5.41, 5.74) is 0. The lowest BCUT2D eigenvalue weighted by molar-refractivity contribution is -0.145. The highest BCUT2D eigenvalue weighted by atomic mass is 19.1. The number of para-hydroxylation sites is 1. The van der Waals surface area contributed by atoms with E-state index < -0.39 is 23.7 Å². The number of esters is 1. The minimum atomic E-state index is -0.721. The maximum Gasteiger partial charge on any atom is 0.328 e. The predicted molar refractivity (Wildman–Crippen MR) is 66.1 cm³/mol. The molecule has 0 aliphatic carbocycles. The van der Waals surface area contributed by atoms with Gasteiger partial charge in [0.15, 0.2) is 18.2 Å². The molecule has 0 spiro atoms. The van der Waals surface area contributed by atoms with E-state index in [4.69, 9.17) is 4.74 Å². The number of amides is 1. The van der Waals surface area contributed by atoms with Crippen LogP contribution in [0.4, 0.5) is 4.39 Å². The smallest absolute Gasteiger partial charge is 0.328 e. The molecule has 0 aromatic heterocycles. The molecular formula is C13H16FNO4. The van der Waals surface area contributed by atoms with Gasteiger partial charge in [-0.1, -0.05) is 19.1 Å². The third-order valence-corrected chi connectivity index (χ3v) is 2.42. The van der Waals surface area contributed by atoms with Gasteiger partial charge in [-0.25, -0.2) is 9.18 Å². The van der Waals surface area contributed by atoms with Gasteiger partial charge in [0.25, 0.3) is 5.91 Å². The Balaban J connectivity index is 2.48. The standard InChI is InChI=1S/C13H16FNO4/c1-3-10(13(17)18-2)15-12(16)8-19-11-7-5-4-6-9(11)14/h4-7,10H,3,8H2,1-2H3,(H,15,16). The van der Waals surface area contributed by atoms with E-state index in [1.165, 1.54) is 25.3 Å². The molecule has 0 saturated carbocycles. The topological polar surface area (TPSA) is 64.6 Å². The van der Waals surface area contributed by atoms with Crippen molar-refractivity contribution in [3.05, 3.63) is 30.1 Å². The van der Waals surface area contributed by atoms with Crippen molar-refractivity contribution in [2.75, 3.05) is 13.7 Å². The van der Waals surface area contributed by atoms with E-state index >= 15 is 0 Å². The van der Waals surface area contributed by atoms with E-state index in [0.29, 0.717) is 6.42 Å². The Labute approximate surface area is 110 Å². The Hall–Kier alpha value is -2.11. The van der Waals surface area contributed by atoms with Crippen molar-refractivity contribution >= 4 is 11.9 Å². The highest BCUT2D eigenvalue weighted by molar-refractivity contribution is 5.85. The van der Waals surface area contributed by atoms with Crippen LogP contribution in [0, 0.1) is 5.82 Å². The molecule has 5 nitrogen and oxygen atoms in total. The van der Waals surface area contributed by atoms with E-state index in [-0.39, 0.29) is 12.4 Å². The Morgan fingerprint density at radius 1 is 1.37 bits per heavy atom. The lowest BCUT2D eigenvalue weighted by Crippen LogP contribution is -2.43. The summed E-state index contributed by atoms with van der Waals surface area (Å²) in [5, 5.41) is 2.45. The summed E-state index contributed by atoms with van der Waals surface area (Å²) in [7, 11) is 1.24. The average molecular weight is 269 g/mol. The maximum atomic E-state index is 13.2. The molecule has 6 heteroatoms. The third-order valence-electron chi connectivity index (χ3n) is 2.42. The number of methoxy groups -OCH3 is 1. The van der Waals surface area contributed by atoms with Gasteiger partial charge in [0, 0.05) is 0 Å². The zero-order chi connectivity index (χ0) is 14.3. The van der Waals surface area contributed by atoms with Gasteiger partial charge in [-0.3, -0.25) is 4.79 Å². The number of hydrogen-bond donors (Lipinski definition) is 1. The van der Waals surface area contributed by atoms with Crippen molar-refractivity contribution in [2.45, 2.75) is 19.4 Å². The molecule has 0 aliphatic heterocycles. The minimum absolute atomic E-state index is 0.0104. The second-order valence-electron chi connectivity index (χ2n) is 3.77. The first kappa shape index (κ1) is 14.9. The normalized spacial score (nSPS) is 11.5. The molecule has 1 unspecified atom stereocenters. The Morgan fingerprint density at radius 3 is 2.63 bits per heavy atom. The van der Waals surface area contributed by atoms with Gasteiger partial charge in [-0.05, 0) is 18.6 Å². The van der Waals surface area contributed by atoms with Crippen molar-refractivity contribution in [3.8, 4) is 5.75 Å². The second kappa shape index (κ2) is 7.35. The molecule has 0 saturated heterocycles. The molecule has 1 aromatic rings. The summed E-state index contributed by atoms with van der Waals surface area (Å²) in [6.45, 7) is 1.37. The molecule has 0 radical (unpaired) electrons. The quantitative estimate of drug-likeness (QED) is 0.790. The van der Waals surface area contributed by atoms with E-state index in [1.807, 2.05) is 0 Å². The number of halogens is 1. The van der Waals surface area contributed by atoms with Gasteiger partial charge in [-0.2, -0.15) is 0 Å². The number of rotatable bonds is 6. The Morgan fingerprint density at radius 2 is 2.05 bits per heavy atom. The number of nitrogens with one attached hydrogen (secondary N) is 1. The zero-order valence-corrected chi connectivity index (χ0v) is 10.8. The fourth-order valence-electron chi connectivity index (χ4n) is 1.41. The van der Waals surface area contributed by atoms with Crippen molar-refractivity contribution in [1.82, 2.24) is 5.32 Å². The lowest BCUT2D eigenvalue weighted by atomic mass is 10.2. The van der Waals surface area contributed by atoms with Crippen LogP contribution in [-0.2, 0) is 14.3 Å². The molecule has 0 heterocycles. The minimum Gasteiger partial charge on any atom is -0.481 e. The molecule has 1 amide bonds. The molecule has 0 fully saturated rings. The fourth-order valence-corrected chi connectivity index (χ4v) is 1.41. The van der Waals surface area contributed by atoms with Crippen LogP contribution < -0.4 is 10.1 Å². The van der Waals surface area contributed by atoms with Gasteiger partial charge in [0.1, 0.15) is 6.04 Å². The molecule has 19 heavy (non-hydrogen) atoms. The summed E-state index contributed by atoms with van der Waals surface area (Å²) in [5.74, 6) is -1.60. The zero-order valence-electron chi connectivity index (χ0n) is 10.8. The van der Waals surface area contributed by atoms with E-state index in [0.717, 1.165) is 0 Å². The molecule has 1 N–H and O–H groups in total. The fraction of sp³-hybridized carbons (Fsp3) is 0.385. The van der Waals surface area contributed by atoms with Gasteiger partial charge >= 0.3 is 5.97 Å². The van der Waals surface area contributed by atoms with Gasteiger partial charge in [-0.15, -0.1) is 0 Å². The van der Waals surface area contributed by atoms with Crippen LogP contribution in [0.5, 0.6) is 5.75 Å². The summed E-state index contributed by atoms with van der Waals surface area (Å²) in [6.07, 6.45) is 0.401. The van der Waals surface area contributed by atoms with Crippen LogP contribution in [0.25, 0.3) is 0 Å². The van der Waals surface area contributed by atoms with Crippen LogP contribution in [0.15, 0.2) is 24.3 Å². The van der Waals surface area contributed by atoms with Crippen molar-refractivity contribution in [3.63, 3.8) is 0 Å². The van der Waals surface area contributed by atoms with Gasteiger partial charge in [0.05, 0.1) is 7.11 Å². The Bertz CT molecular complexity index is 450. The average Bonchev–Trinajstić information content (AvgIpc) is 2.43. The van der Waals surface area contributed by atoms with Crippen LogP contribution in [-0.4, -0.2) is 31.6 Å². The number of carbonyl (C=O) groups excluding carboxylic acids is 2. The van der Waals surface area contributed by atoms with Crippen molar-refractivity contribution in [2.24, 2.45) is 0 Å². The Kier molecular flexibility index (Phi) is 5.78. The van der Waals surface area contributed by atoms with Crippen LogP contribution in [0.3, 0.4) is 0 Å². The first-order chi connectivity index (χ1) is 9.08. The van der Waals surface area contributed by atoms with Crippen molar-refractivity contribution in [1.29, 1.82) is 0 Å². The number of benzene rings is 1. The molecule has 1 aromatic carbocycles. The highest BCUT2D eigenvalue weighted by Gasteiger charge is 2.19. The van der Waals surface area contributed by atoms with Crippen LogP contribution >= 0.6 is 0 Å². The first-order valence-corrected chi connectivity index (χ1v) is 5.83. The lowest BCUT2D eigenvalue weighted by Gasteiger charge is -2.14. The summed E-state index contributed by atoms with van der Waals surface area (Å²) in [4.78, 5) is 22.8. The summed E-state index contributed by atoms with van der Waals surface area (Å²) >= 11 is 0. The predicted octanol–water partition coefficient (Wildman–Crippen LogP) is 1.27. The number of hydrogen-bond acceptors (Lipinski definition) is 4. The summed E-state index contributed by atoms with van der Waals surface area (Å²) < 4.78 is 22.8. The van der Waals surface area contributed by atoms with Crippen LogP contribution in [0.2, 0.25) is 0 Å². The molecule has 1 atom stereocenters. The monoisotopic (exact) mass is 269 g/mol. The summed E-state index contributed by atoms with van der Waals surface area (Å²) in [6, 6.07) is 5.05. The second-order valence-corrected chi connectivity index (χ2v) is 3.77. The van der Waals surface area contributed by atoms with E-state index in [1.54, 1.807) is 13.0 Å². The molecule has 1 rings (SSSR count). The molecule has 0 aliphatic rings. The first-order valence-electron chi connectivity index (χ1n) is 5.83.